The fourth-order valence-electron chi connectivity index (χ4n) is 4.33. The number of rotatable bonds is 3. The van der Waals surface area contributed by atoms with E-state index in [0.717, 1.165) is 24.6 Å². The number of ether oxygens (including phenoxy) is 2. The zero-order valence-corrected chi connectivity index (χ0v) is 16.8. The summed E-state index contributed by atoms with van der Waals surface area (Å²) >= 11 is 0. The van der Waals surface area contributed by atoms with Gasteiger partial charge in [0.25, 0.3) is 5.82 Å². The number of H-pyrrole nitrogens is 1. The minimum Gasteiger partial charge on any atom is -0.486 e. The van der Waals surface area contributed by atoms with Crippen LogP contribution < -0.4 is 24.3 Å². The van der Waals surface area contributed by atoms with E-state index < -0.39 is 0 Å². The van der Waals surface area contributed by atoms with E-state index in [9.17, 15) is 9.59 Å². The van der Waals surface area contributed by atoms with Crippen molar-refractivity contribution in [2.24, 2.45) is 5.92 Å². The molecule has 2 aromatic rings. The molecule has 1 aromatic carbocycles. The number of nitrogens with zero attached hydrogens (tertiary/aromatic N) is 3. The van der Waals surface area contributed by atoms with E-state index in [1.165, 1.54) is 0 Å². The Bertz CT molecular complexity index is 943. The van der Waals surface area contributed by atoms with Crippen molar-refractivity contribution in [3.05, 3.63) is 42.6 Å². The van der Waals surface area contributed by atoms with Gasteiger partial charge in [-0.2, -0.15) is 0 Å². The van der Waals surface area contributed by atoms with E-state index in [-0.39, 0.29) is 24.2 Å². The van der Waals surface area contributed by atoms with Crippen molar-refractivity contribution in [2.75, 3.05) is 55.7 Å². The number of anilines is 2. The molecule has 0 unspecified atom stereocenters. The fraction of sp³-hybridized carbons (Fsp3) is 0.409. The second kappa shape index (κ2) is 7.85. The quantitative estimate of drug-likeness (QED) is 0.755. The van der Waals surface area contributed by atoms with Gasteiger partial charge in [0.05, 0.1) is 25.2 Å². The Balaban J connectivity index is 1.22. The molecule has 2 fully saturated rings. The number of benzene rings is 1. The van der Waals surface area contributed by atoms with Crippen LogP contribution in [0.4, 0.5) is 11.5 Å². The predicted octanol–water partition coefficient (Wildman–Crippen LogP) is 0.974. The number of carbonyl (C=O) groups is 2. The molecule has 2 amide bonds. The number of aromatic amines is 1. The van der Waals surface area contributed by atoms with Gasteiger partial charge in [0, 0.05) is 30.8 Å². The van der Waals surface area contributed by atoms with Gasteiger partial charge in [0.1, 0.15) is 26.3 Å². The van der Waals surface area contributed by atoms with Crippen LogP contribution in [0.5, 0.6) is 11.5 Å². The molecule has 1 aromatic heterocycles. The summed E-state index contributed by atoms with van der Waals surface area (Å²) in [5, 5.41) is 0. The molecule has 0 radical (unpaired) electrons. The number of pyridine rings is 1. The monoisotopic (exact) mass is 409 g/mol. The molecule has 1 N–H and O–H groups in total. The first-order valence-electron chi connectivity index (χ1n) is 10.4. The number of piperazine rings is 1. The van der Waals surface area contributed by atoms with Crippen LogP contribution in [-0.4, -0.2) is 62.7 Å². The molecule has 156 valence electrons. The Labute approximate surface area is 175 Å². The van der Waals surface area contributed by atoms with Crippen LogP contribution in [0, 0.1) is 5.92 Å². The third-order valence-electron chi connectivity index (χ3n) is 5.94. The molecule has 5 rings (SSSR count). The van der Waals surface area contributed by atoms with E-state index in [1.807, 2.05) is 47.5 Å². The minimum atomic E-state index is -0.305. The van der Waals surface area contributed by atoms with E-state index in [1.54, 1.807) is 4.90 Å². The smallest absolute Gasteiger partial charge is 0.274 e. The summed E-state index contributed by atoms with van der Waals surface area (Å²) in [6, 6.07) is 11.5. The first kappa shape index (κ1) is 18.7. The Hall–Kier alpha value is -3.29. The van der Waals surface area contributed by atoms with Gasteiger partial charge < -0.3 is 19.3 Å². The lowest BCUT2D eigenvalue weighted by Gasteiger charge is -2.32. The van der Waals surface area contributed by atoms with Gasteiger partial charge in [-0.15, -0.1) is 0 Å². The van der Waals surface area contributed by atoms with Crippen LogP contribution in [0.2, 0.25) is 0 Å². The van der Waals surface area contributed by atoms with Crippen LogP contribution in [0.3, 0.4) is 0 Å². The Morgan fingerprint density at radius 2 is 1.80 bits per heavy atom. The summed E-state index contributed by atoms with van der Waals surface area (Å²) in [6.45, 7) is 4.31. The number of carbonyl (C=O) groups excluding carboxylic acids is 2. The van der Waals surface area contributed by atoms with Gasteiger partial charge >= 0.3 is 0 Å². The highest BCUT2D eigenvalue weighted by atomic mass is 16.6. The highest BCUT2D eigenvalue weighted by Gasteiger charge is 2.39. The van der Waals surface area contributed by atoms with Crippen molar-refractivity contribution in [3.8, 4) is 11.5 Å². The van der Waals surface area contributed by atoms with Gasteiger partial charge in [0.2, 0.25) is 11.8 Å². The Morgan fingerprint density at radius 3 is 2.57 bits per heavy atom. The van der Waals surface area contributed by atoms with Crippen molar-refractivity contribution in [2.45, 2.75) is 6.42 Å². The third kappa shape index (κ3) is 3.53. The number of amides is 2. The zero-order chi connectivity index (χ0) is 20.5. The maximum atomic E-state index is 13.1. The molecule has 30 heavy (non-hydrogen) atoms. The Kier molecular flexibility index (Phi) is 4.90. The SMILES string of the molecule is O=C([C@@H]1CC(=O)N(c2ccc3c(c2)OCCO3)C1)N1CCN(c2cccc[nH+]2)CC1. The topological polar surface area (TPSA) is 76.5 Å². The second-order valence-electron chi connectivity index (χ2n) is 7.79. The molecule has 2 saturated heterocycles. The van der Waals surface area contributed by atoms with Crippen LogP contribution in [0.25, 0.3) is 0 Å². The highest BCUT2D eigenvalue weighted by Crippen LogP contribution is 2.36. The number of aromatic nitrogens is 1. The molecule has 4 heterocycles. The lowest BCUT2D eigenvalue weighted by Crippen LogP contribution is -2.51. The Morgan fingerprint density at radius 1 is 1.00 bits per heavy atom. The first-order chi connectivity index (χ1) is 14.7. The third-order valence-corrected chi connectivity index (χ3v) is 5.94. The van der Waals surface area contributed by atoms with E-state index in [4.69, 9.17) is 9.47 Å². The first-order valence-corrected chi connectivity index (χ1v) is 10.4. The van der Waals surface area contributed by atoms with Crippen molar-refractivity contribution in [1.82, 2.24) is 4.90 Å². The largest absolute Gasteiger partial charge is 0.486 e. The summed E-state index contributed by atoms with van der Waals surface area (Å²) in [4.78, 5) is 34.8. The average molecular weight is 409 g/mol. The molecule has 1 atom stereocenters. The molecule has 3 aliphatic rings. The van der Waals surface area contributed by atoms with Gasteiger partial charge in [-0.1, -0.05) is 6.07 Å². The van der Waals surface area contributed by atoms with Crippen molar-refractivity contribution < 1.29 is 24.0 Å². The number of fused-ring (bicyclic) bond motifs is 1. The van der Waals surface area contributed by atoms with Gasteiger partial charge in [-0.05, 0) is 18.2 Å². The molecule has 3 aliphatic heterocycles. The summed E-state index contributed by atoms with van der Waals surface area (Å²) in [5.41, 5.74) is 0.754. The zero-order valence-electron chi connectivity index (χ0n) is 16.8. The molecular weight excluding hydrogens is 384 g/mol. The van der Waals surface area contributed by atoms with Crippen LogP contribution in [0.15, 0.2) is 42.6 Å². The fourth-order valence-corrected chi connectivity index (χ4v) is 4.33. The van der Waals surface area contributed by atoms with Gasteiger partial charge in [-0.25, -0.2) is 4.98 Å². The number of nitrogens with one attached hydrogen (secondary N) is 1. The average Bonchev–Trinajstić information content (AvgIpc) is 3.20. The number of hydrogen-bond acceptors (Lipinski definition) is 5. The molecule has 0 spiro atoms. The molecular formula is C22H25N4O4+. The van der Waals surface area contributed by atoms with Crippen molar-refractivity contribution >= 4 is 23.3 Å². The van der Waals surface area contributed by atoms with Crippen molar-refractivity contribution in [3.63, 3.8) is 0 Å². The van der Waals surface area contributed by atoms with Gasteiger partial charge in [-0.3, -0.25) is 14.5 Å². The number of hydrogen-bond donors (Lipinski definition) is 0. The lowest BCUT2D eigenvalue weighted by atomic mass is 10.1. The molecule has 0 bridgehead atoms. The molecule has 8 heteroatoms. The predicted molar refractivity (Wildman–Crippen MR) is 110 cm³/mol. The maximum Gasteiger partial charge on any atom is 0.274 e. The summed E-state index contributed by atoms with van der Waals surface area (Å²) in [6.07, 6.45) is 2.16. The van der Waals surface area contributed by atoms with Gasteiger partial charge in [0.15, 0.2) is 11.5 Å². The molecule has 8 nitrogen and oxygen atoms in total. The van der Waals surface area contributed by atoms with Crippen LogP contribution in [0.1, 0.15) is 6.42 Å². The summed E-state index contributed by atoms with van der Waals surface area (Å²) in [5.74, 6) is 2.14. The molecule has 0 saturated carbocycles. The molecule has 0 aliphatic carbocycles. The van der Waals surface area contributed by atoms with Crippen molar-refractivity contribution in [1.29, 1.82) is 0 Å². The lowest BCUT2D eigenvalue weighted by molar-refractivity contribution is -0.364. The highest BCUT2D eigenvalue weighted by molar-refractivity contribution is 6.00. The minimum absolute atomic E-state index is 0.0254. The standard InChI is InChI=1S/C22H24N4O4/c27-21-13-16(15-26(21)17-4-5-18-19(14-17)30-12-11-29-18)22(28)25-9-7-24(8-10-25)20-3-1-2-6-23-20/h1-6,14,16H,7-13,15H2/p+1/t16-/m1/s1. The summed E-state index contributed by atoms with van der Waals surface area (Å²) < 4.78 is 11.2. The summed E-state index contributed by atoms with van der Waals surface area (Å²) in [7, 11) is 0. The van der Waals surface area contributed by atoms with Crippen LogP contribution in [-0.2, 0) is 9.59 Å². The second-order valence-corrected chi connectivity index (χ2v) is 7.79. The van der Waals surface area contributed by atoms with Crippen LogP contribution >= 0.6 is 0 Å². The van der Waals surface area contributed by atoms with E-state index in [2.05, 4.69) is 9.88 Å². The normalized spacial score (nSPS) is 21.1. The van der Waals surface area contributed by atoms with E-state index >= 15 is 0 Å². The van der Waals surface area contributed by atoms with E-state index in [0.29, 0.717) is 44.3 Å². The maximum absolute atomic E-state index is 13.1.